The van der Waals surface area contributed by atoms with E-state index in [4.69, 9.17) is 9.84 Å². The van der Waals surface area contributed by atoms with Crippen LogP contribution in [0.5, 0.6) is 0 Å². The van der Waals surface area contributed by atoms with E-state index in [-0.39, 0.29) is 12.5 Å². The summed E-state index contributed by atoms with van der Waals surface area (Å²) >= 11 is 0. The predicted octanol–water partition coefficient (Wildman–Crippen LogP) is 1.84. The maximum atomic E-state index is 11.5. The van der Waals surface area contributed by atoms with Crippen molar-refractivity contribution in [3.8, 4) is 0 Å². The number of likely N-dealkylation sites (tertiary alicyclic amines) is 1. The summed E-state index contributed by atoms with van der Waals surface area (Å²) in [5.74, 6) is -0.718. The highest BCUT2D eigenvalue weighted by molar-refractivity contribution is 5.67. The summed E-state index contributed by atoms with van der Waals surface area (Å²) in [5, 5.41) is 12.0. The van der Waals surface area contributed by atoms with Crippen molar-refractivity contribution in [1.29, 1.82) is 0 Å². The van der Waals surface area contributed by atoms with Crippen molar-refractivity contribution in [2.24, 2.45) is 0 Å². The number of nitrogens with zero attached hydrogens (tertiary/aromatic N) is 1. The Bertz CT molecular complexity index is 302. The molecule has 0 saturated carbocycles. The molecule has 2 N–H and O–H groups in total. The number of carboxylic acids is 1. The first kappa shape index (κ1) is 16.8. The van der Waals surface area contributed by atoms with Crippen LogP contribution in [-0.4, -0.2) is 54.4 Å². The fourth-order valence-electron chi connectivity index (χ4n) is 2.37. The van der Waals surface area contributed by atoms with Crippen molar-refractivity contribution in [3.63, 3.8) is 0 Å². The van der Waals surface area contributed by atoms with Crippen LogP contribution in [0.2, 0.25) is 0 Å². The van der Waals surface area contributed by atoms with Crippen LogP contribution in [0.3, 0.4) is 0 Å². The van der Waals surface area contributed by atoms with Gasteiger partial charge in [0.05, 0.1) is 6.61 Å². The molecule has 20 heavy (non-hydrogen) atoms. The van der Waals surface area contributed by atoms with Crippen molar-refractivity contribution in [3.05, 3.63) is 0 Å². The third-order valence-electron chi connectivity index (χ3n) is 3.52. The minimum atomic E-state index is -0.718. The van der Waals surface area contributed by atoms with Gasteiger partial charge in [0.1, 0.15) is 0 Å². The van der Waals surface area contributed by atoms with Crippen LogP contribution in [0.1, 0.15) is 45.4 Å². The van der Waals surface area contributed by atoms with Crippen LogP contribution in [0.25, 0.3) is 0 Å². The van der Waals surface area contributed by atoms with Crippen molar-refractivity contribution < 1.29 is 19.4 Å². The molecule has 0 aromatic rings. The van der Waals surface area contributed by atoms with Gasteiger partial charge in [-0.1, -0.05) is 6.42 Å². The highest BCUT2D eigenvalue weighted by Crippen LogP contribution is 2.11. The van der Waals surface area contributed by atoms with E-state index < -0.39 is 5.97 Å². The molecule has 1 rings (SSSR count). The van der Waals surface area contributed by atoms with Gasteiger partial charge in [0, 0.05) is 25.6 Å². The van der Waals surface area contributed by atoms with Crippen LogP contribution in [0.15, 0.2) is 0 Å². The number of unbranched alkanes of at least 4 members (excludes halogenated alkanes) is 2. The lowest BCUT2D eigenvalue weighted by Crippen LogP contribution is -2.45. The monoisotopic (exact) mass is 286 g/mol. The number of carbonyl (C=O) groups is 2. The van der Waals surface area contributed by atoms with Crippen molar-refractivity contribution >= 4 is 12.1 Å². The molecular formula is C14H26N2O4. The number of nitrogens with one attached hydrogen (secondary N) is 1. The number of ether oxygens (including phenoxy) is 1. The predicted molar refractivity (Wildman–Crippen MR) is 75.7 cm³/mol. The molecule has 1 saturated heterocycles. The van der Waals surface area contributed by atoms with Crippen LogP contribution >= 0.6 is 0 Å². The normalized spacial score (nSPS) is 16.1. The van der Waals surface area contributed by atoms with Crippen LogP contribution in [-0.2, 0) is 9.53 Å². The second-order valence-electron chi connectivity index (χ2n) is 5.12. The maximum absolute atomic E-state index is 11.5. The van der Waals surface area contributed by atoms with Gasteiger partial charge in [0.15, 0.2) is 0 Å². The molecule has 1 fully saturated rings. The third kappa shape index (κ3) is 6.75. The number of piperidine rings is 1. The van der Waals surface area contributed by atoms with E-state index in [0.717, 1.165) is 51.7 Å². The number of rotatable bonds is 8. The maximum Gasteiger partial charge on any atom is 0.409 e. The Balaban J connectivity index is 2.02. The summed E-state index contributed by atoms with van der Waals surface area (Å²) in [6.45, 7) is 4.65. The second-order valence-corrected chi connectivity index (χ2v) is 5.12. The fourth-order valence-corrected chi connectivity index (χ4v) is 2.37. The Labute approximate surface area is 120 Å². The lowest BCUT2D eigenvalue weighted by atomic mass is 10.1. The number of hydrogen-bond acceptors (Lipinski definition) is 4. The minimum absolute atomic E-state index is 0.209. The first-order valence-corrected chi connectivity index (χ1v) is 7.50. The van der Waals surface area contributed by atoms with Crippen LogP contribution in [0.4, 0.5) is 4.79 Å². The van der Waals surface area contributed by atoms with Crippen molar-refractivity contribution in [2.75, 3.05) is 26.2 Å². The van der Waals surface area contributed by atoms with E-state index in [0.29, 0.717) is 12.6 Å². The van der Waals surface area contributed by atoms with E-state index in [1.54, 1.807) is 4.90 Å². The zero-order valence-corrected chi connectivity index (χ0v) is 12.3. The molecule has 0 bridgehead atoms. The molecular weight excluding hydrogens is 260 g/mol. The zero-order chi connectivity index (χ0) is 14.8. The average molecular weight is 286 g/mol. The first-order valence-electron chi connectivity index (χ1n) is 7.50. The Morgan fingerprint density at radius 3 is 2.55 bits per heavy atom. The van der Waals surface area contributed by atoms with Gasteiger partial charge in [-0.2, -0.15) is 0 Å². The summed E-state index contributed by atoms with van der Waals surface area (Å²) in [5.41, 5.74) is 0. The molecule has 0 aromatic heterocycles. The molecule has 116 valence electrons. The molecule has 1 amide bonds. The quantitative estimate of drug-likeness (QED) is 0.666. The smallest absolute Gasteiger partial charge is 0.409 e. The summed E-state index contributed by atoms with van der Waals surface area (Å²) in [6.07, 6.45) is 4.66. The van der Waals surface area contributed by atoms with Gasteiger partial charge in [-0.25, -0.2) is 4.79 Å². The third-order valence-corrected chi connectivity index (χ3v) is 3.52. The molecule has 0 unspecified atom stereocenters. The van der Waals surface area contributed by atoms with Gasteiger partial charge in [-0.05, 0) is 39.2 Å². The zero-order valence-electron chi connectivity index (χ0n) is 12.3. The molecule has 6 heteroatoms. The molecule has 1 aliphatic rings. The molecule has 0 aliphatic carbocycles. The molecule has 6 nitrogen and oxygen atoms in total. The van der Waals surface area contributed by atoms with E-state index >= 15 is 0 Å². The van der Waals surface area contributed by atoms with Gasteiger partial charge in [-0.3, -0.25) is 4.79 Å². The van der Waals surface area contributed by atoms with E-state index in [1.807, 2.05) is 6.92 Å². The lowest BCUT2D eigenvalue weighted by molar-refractivity contribution is -0.137. The fraction of sp³-hybridized carbons (Fsp3) is 0.857. The number of hydrogen-bond donors (Lipinski definition) is 2. The van der Waals surface area contributed by atoms with E-state index in [2.05, 4.69) is 5.32 Å². The topological polar surface area (TPSA) is 78.9 Å². The highest BCUT2D eigenvalue weighted by Gasteiger charge is 2.22. The standard InChI is InChI=1S/C14H26N2O4/c1-2-20-14(19)16-10-7-12(8-11-16)15-9-5-3-4-6-13(17)18/h12,15H,2-11H2,1H3,(H,17,18). The number of amides is 1. The molecule has 0 aromatic carbocycles. The summed E-state index contributed by atoms with van der Waals surface area (Å²) in [4.78, 5) is 23.6. The van der Waals surface area contributed by atoms with E-state index in [9.17, 15) is 9.59 Å². The van der Waals surface area contributed by atoms with Crippen LogP contribution in [0, 0.1) is 0 Å². The number of carbonyl (C=O) groups excluding carboxylic acids is 1. The minimum Gasteiger partial charge on any atom is -0.481 e. The van der Waals surface area contributed by atoms with Gasteiger partial charge in [-0.15, -0.1) is 0 Å². The largest absolute Gasteiger partial charge is 0.481 e. The van der Waals surface area contributed by atoms with Crippen molar-refractivity contribution in [1.82, 2.24) is 10.2 Å². The summed E-state index contributed by atoms with van der Waals surface area (Å²) < 4.78 is 4.98. The van der Waals surface area contributed by atoms with Crippen molar-refractivity contribution in [2.45, 2.75) is 51.5 Å². The Morgan fingerprint density at radius 2 is 1.95 bits per heavy atom. The van der Waals surface area contributed by atoms with Gasteiger partial charge in [0.2, 0.25) is 0 Å². The van der Waals surface area contributed by atoms with Gasteiger partial charge in [0.25, 0.3) is 0 Å². The van der Waals surface area contributed by atoms with E-state index in [1.165, 1.54) is 0 Å². The highest BCUT2D eigenvalue weighted by atomic mass is 16.6. The van der Waals surface area contributed by atoms with Crippen LogP contribution < -0.4 is 5.32 Å². The Morgan fingerprint density at radius 1 is 1.25 bits per heavy atom. The lowest BCUT2D eigenvalue weighted by Gasteiger charge is -2.31. The molecule has 0 radical (unpaired) electrons. The molecule has 1 aliphatic heterocycles. The summed E-state index contributed by atoms with van der Waals surface area (Å²) in [6, 6.07) is 0.458. The molecule has 1 heterocycles. The van der Waals surface area contributed by atoms with Gasteiger partial charge < -0.3 is 20.1 Å². The van der Waals surface area contributed by atoms with Gasteiger partial charge >= 0.3 is 12.1 Å². The summed E-state index contributed by atoms with van der Waals surface area (Å²) in [7, 11) is 0. The number of carboxylic acid groups (broad SMARTS) is 1. The average Bonchev–Trinajstić information content (AvgIpc) is 2.43. The first-order chi connectivity index (χ1) is 9.63. The SMILES string of the molecule is CCOC(=O)N1CCC(NCCCCCC(=O)O)CC1. The Kier molecular flexibility index (Phi) is 8.02. The molecule has 0 atom stereocenters. The Hall–Kier alpha value is -1.30. The second kappa shape index (κ2) is 9.58. The molecule has 0 spiro atoms. The number of aliphatic carboxylic acids is 1.